The van der Waals surface area contributed by atoms with E-state index in [2.05, 4.69) is 10.6 Å². The molecule has 0 bridgehead atoms. The van der Waals surface area contributed by atoms with Gasteiger partial charge in [0.1, 0.15) is 11.5 Å². The fraction of sp³-hybridized carbons (Fsp3) is 0.643. The largest absolute Gasteiger partial charge is 0.466 e. The third kappa shape index (κ3) is 5.09. The number of urea groups is 1. The van der Waals surface area contributed by atoms with Crippen LogP contribution in [0.4, 0.5) is 4.79 Å². The van der Waals surface area contributed by atoms with Crippen LogP contribution in [0, 0.1) is 13.8 Å². The van der Waals surface area contributed by atoms with E-state index in [1.165, 1.54) is 0 Å². The number of carbonyl (C=O) groups excluding carboxylic acids is 1. The van der Waals surface area contributed by atoms with Crippen LogP contribution < -0.4 is 10.6 Å². The van der Waals surface area contributed by atoms with E-state index in [0.717, 1.165) is 17.1 Å². The van der Waals surface area contributed by atoms with Crippen molar-refractivity contribution in [2.75, 3.05) is 18.6 Å². The van der Waals surface area contributed by atoms with Crippen LogP contribution in [0.25, 0.3) is 0 Å². The van der Waals surface area contributed by atoms with Crippen LogP contribution in [-0.2, 0) is 0 Å². The average Bonchev–Trinajstić information content (AvgIpc) is 2.66. The van der Waals surface area contributed by atoms with Gasteiger partial charge in [0.25, 0.3) is 0 Å². The van der Waals surface area contributed by atoms with Gasteiger partial charge in [0, 0.05) is 17.9 Å². The summed E-state index contributed by atoms with van der Waals surface area (Å²) < 4.78 is 5.45. The summed E-state index contributed by atoms with van der Waals surface area (Å²) in [4.78, 5) is 11.8. The summed E-state index contributed by atoms with van der Waals surface area (Å²) in [5.41, 5.74) is 0.0656. The molecular weight excluding hydrogens is 276 g/mol. The quantitative estimate of drug-likeness (QED) is 0.754. The SMILES string of the molecule is CSCC(C)(O)CNC(=O)NC(C)c1cc(C)oc1C. The molecule has 0 fully saturated rings. The van der Waals surface area contributed by atoms with Crippen LogP contribution in [0.5, 0.6) is 0 Å². The number of aliphatic hydroxyl groups is 1. The van der Waals surface area contributed by atoms with Gasteiger partial charge in [-0.25, -0.2) is 4.79 Å². The Morgan fingerprint density at radius 3 is 2.70 bits per heavy atom. The predicted molar refractivity (Wildman–Crippen MR) is 82.1 cm³/mol. The molecule has 0 saturated carbocycles. The maximum Gasteiger partial charge on any atom is 0.315 e. The molecule has 3 N–H and O–H groups in total. The summed E-state index contributed by atoms with van der Waals surface area (Å²) in [5, 5.41) is 15.5. The monoisotopic (exact) mass is 300 g/mol. The van der Waals surface area contributed by atoms with E-state index in [9.17, 15) is 9.90 Å². The van der Waals surface area contributed by atoms with Gasteiger partial charge >= 0.3 is 6.03 Å². The zero-order chi connectivity index (χ0) is 15.3. The second-order valence-electron chi connectivity index (χ2n) is 5.35. The lowest BCUT2D eigenvalue weighted by atomic mass is 10.1. The summed E-state index contributed by atoms with van der Waals surface area (Å²) in [5.74, 6) is 2.21. The highest BCUT2D eigenvalue weighted by Crippen LogP contribution is 2.20. The Labute approximate surface area is 124 Å². The Bertz CT molecular complexity index is 457. The lowest BCUT2D eigenvalue weighted by molar-refractivity contribution is 0.0868. The Balaban J connectivity index is 2.48. The first-order chi connectivity index (χ1) is 9.25. The van der Waals surface area contributed by atoms with Crippen LogP contribution in [0.15, 0.2) is 10.5 Å². The molecule has 2 atom stereocenters. The highest BCUT2D eigenvalue weighted by molar-refractivity contribution is 7.98. The maximum absolute atomic E-state index is 11.8. The van der Waals surface area contributed by atoms with Crippen molar-refractivity contribution >= 4 is 17.8 Å². The summed E-state index contributed by atoms with van der Waals surface area (Å²) in [7, 11) is 0. The Kier molecular flexibility index (Phi) is 5.95. The minimum absolute atomic E-state index is 0.141. The van der Waals surface area contributed by atoms with E-state index in [1.54, 1.807) is 18.7 Å². The van der Waals surface area contributed by atoms with Gasteiger partial charge in [0.2, 0.25) is 0 Å². The molecule has 114 valence electrons. The zero-order valence-electron chi connectivity index (χ0n) is 12.7. The van der Waals surface area contributed by atoms with E-state index < -0.39 is 5.60 Å². The number of aryl methyl sites for hydroxylation is 2. The molecule has 2 unspecified atom stereocenters. The summed E-state index contributed by atoms with van der Waals surface area (Å²) in [6.45, 7) is 7.58. The summed E-state index contributed by atoms with van der Waals surface area (Å²) in [6.07, 6.45) is 1.92. The summed E-state index contributed by atoms with van der Waals surface area (Å²) in [6, 6.07) is 1.49. The normalized spacial score (nSPS) is 15.5. The minimum Gasteiger partial charge on any atom is -0.466 e. The smallest absolute Gasteiger partial charge is 0.315 e. The molecule has 0 saturated heterocycles. The van der Waals surface area contributed by atoms with Gasteiger partial charge in [0.05, 0.1) is 11.6 Å². The molecule has 6 heteroatoms. The lowest BCUT2D eigenvalue weighted by Crippen LogP contribution is -2.46. The van der Waals surface area contributed by atoms with E-state index >= 15 is 0 Å². The molecule has 1 aromatic rings. The lowest BCUT2D eigenvalue weighted by Gasteiger charge is -2.23. The first-order valence-electron chi connectivity index (χ1n) is 6.58. The maximum atomic E-state index is 11.8. The van der Waals surface area contributed by atoms with Crippen molar-refractivity contribution in [1.29, 1.82) is 0 Å². The van der Waals surface area contributed by atoms with Crippen molar-refractivity contribution in [2.24, 2.45) is 0 Å². The first kappa shape index (κ1) is 16.9. The number of furan rings is 1. The van der Waals surface area contributed by atoms with Gasteiger partial charge < -0.3 is 20.2 Å². The molecule has 0 aromatic carbocycles. The van der Waals surface area contributed by atoms with E-state index in [4.69, 9.17) is 4.42 Å². The number of nitrogens with one attached hydrogen (secondary N) is 2. The zero-order valence-corrected chi connectivity index (χ0v) is 13.6. The molecule has 0 aliphatic rings. The third-order valence-electron chi connectivity index (χ3n) is 2.98. The minimum atomic E-state index is -0.901. The van der Waals surface area contributed by atoms with Crippen LogP contribution >= 0.6 is 11.8 Å². The van der Waals surface area contributed by atoms with Crippen molar-refractivity contribution in [3.63, 3.8) is 0 Å². The second-order valence-corrected chi connectivity index (χ2v) is 6.21. The van der Waals surface area contributed by atoms with Crippen molar-refractivity contribution < 1.29 is 14.3 Å². The topological polar surface area (TPSA) is 74.5 Å². The van der Waals surface area contributed by atoms with Gasteiger partial charge in [-0.05, 0) is 40.0 Å². The summed E-state index contributed by atoms with van der Waals surface area (Å²) >= 11 is 1.54. The predicted octanol–water partition coefficient (Wildman–Crippen LogP) is 2.37. The number of carbonyl (C=O) groups is 1. The van der Waals surface area contributed by atoms with E-state index in [1.807, 2.05) is 33.1 Å². The fourth-order valence-corrected chi connectivity index (χ4v) is 2.76. The Morgan fingerprint density at radius 2 is 2.20 bits per heavy atom. The van der Waals surface area contributed by atoms with Crippen LogP contribution in [0.2, 0.25) is 0 Å². The van der Waals surface area contributed by atoms with Gasteiger partial charge in [-0.1, -0.05) is 0 Å². The second kappa shape index (κ2) is 7.04. The molecule has 0 aliphatic carbocycles. The van der Waals surface area contributed by atoms with Crippen molar-refractivity contribution in [1.82, 2.24) is 10.6 Å². The third-order valence-corrected chi connectivity index (χ3v) is 3.89. The van der Waals surface area contributed by atoms with Crippen molar-refractivity contribution in [3.05, 3.63) is 23.2 Å². The number of amides is 2. The molecule has 1 heterocycles. The van der Waals surface area contributed by atoms with Crippen molar-refractivity contribution in [2.45, 2.75) is 39.3 Å². The molecule has 5 nitrogen and oxygen atoms in total. The first-order valence-corrected chi connectivity index (χ1v) is 7.97. The number of thioether (sulfide) groups is 1. The number of hydrogen-bond acceptors (Lipinski definition) is 4. The van der Waals surface area contributed by atoms with E-state index in [0.29, 0.717) is 5.75 Å². The Morgan fingerprint density at radius 1 is 1.55 bits per heavy atom. The highest BCUT2D eigenvalue weighted by atomic mass is 32.2. The molecule has 20 heavy (non-hydrogen) atoms. The molecule has 1 aromatic heterocycles. The van der Waals surface area contributed by atoms with Gasteiger partial charge in [-0.3, -0.25) is 0 Å². The molecule has 1 rings (SSSR count). The number of hydrogen-bond donors (Lipinski definition) is 3. The van der Waals surface area contributed by atoms with Crippen LogP contribution in [0.3, 0.4) is 0 Å². The van der Waals surface area contributed by atoms with Crippen molar-refractivity contribution in [3.8, 4) is 0 Å². The highest BCUT2D eigenvalue weighted by Gasteiger charge is 2.21. The molecule has 2 amide bonds. The Hall–Kier alpha value is -1.14. The standard InChI is InChI=1S/C14H24N2O3S/c1-9-6-12(11(3)19-9)10(2)16-13(17)15-7-14(4,18)8-20-5/h6,10,18H,7-8H2,1-5H3,(H2,15,16,17). The number of rotatable bonds is 6. The van der Waals surface area contributed by atoms with Crippen LogP contribution in [-0.4, -0.2) is 35.3 Å². The van der Waals surface area contributed by atoms with Gasteiger partial charge in [-0.15, -0.1) is 0 Å². The molecular formula is C14H24N2O3S. The molecule has 0 radical (unpaired) electrons. The van der Waals surface area contributed by atoms with Crippen LogP contribution in [0.1, 0.15) is 37.0 Å². The molecule has 0 spiro atoms. The average molecular weight is 300 g/mol. The molecule has 0 aliphatic heterocycles. The van der Waals surface area contributed by atoms with E-state index in [-0.39, 0.29) is 18.6 Å². The van der Waals surface area contributed by atoms with Gasteiger partial charge in [0.15, 0.2) is 0 Å². The fourth-order valence-electron chi connectivity index (χ4n) is 2.04. The van der Waals surface area contributed by atoms with Gasteiger partial charge in [-0.2, -0.15) is 11.8 Å².